The minimum Gasteiger partial charge on any atom is -0.478 e. The summed E-state index contributed by atoms with van der Waals surface area (Å²) in [6.45, 7) is 2.28. The van der Waals surface area contributed by atoms with Crippen LogP contribution >= 0.6 is 0 Å². The lowest BCUT2D eigenvalue weighted by Crippen LogP contribution is -2.39. The van der Waals surface area contributed by atoms with Gasteiger partial charge in [0.25, 0.3) is 0 Å². The molecule has 0 spiro atoms. The molecule has 2 atom stereocenters. The number of carboxylic acids is 1. The number of aromatic carboxylic acids is 1. The van der Waals surface area contributed by atoms with Gasteiger partial charge in [-0.15, -0.1) is 0 Å². The second-order valence-corrected chi connectivity index (χ2v) is 5.52. The molecule has 0 aromatic heterocycles. The van der Waals surface area contributed by atoms with Gasteiger partial charge < -0.3 is 15.7 Å². The zero-order valence-corrected chi connectivity index (χ0v) is 11.6. The lowest BCUT2D eigenvalue weighted by Gasteiger charge is -2.38. The van der Waals surface area contributed by atoms with Crippen LogP contribution in [0.15, 0.2) is 18.2 Å². The topological polar surface area (TPSA) is 66.6 Å². The number of nitrogens with two attached hydrogens (primary N) is 1. The molecule has 1 aromatic rings. The maximum absolute atomic E-state index is 10.9. The van der Waals surface area contributed by atoms with Gasteiger partial charge in [0.05, 0.1) is 16.9 Å². The highest BCUT2D eigenvalue weighted by molar-refractivity contribution is 5.90. The van der Waals surface area contributed by atoms with Crippen molar-refractivity contribution in [1.82, 2.24) is 0 Å². The Morgan fingerprint density at radius 2 is 2.05 bits per heavy atom. The molecule has 4 heteroatoms. The SMILES string of the molecule is CC1CCCCC1N(C)c1ccc(C(=O)O)cc1N. The lowest BCUT2D eigenvalue weighted by atomic mass is 9.85. The van der Waals surface area contributed by atoms with Crippen molar-refractivity contribution >= 4 is 17.3 Å². The second-order valence-electron chi connectivity index (χ2n) is 5.52. The van der Waals surface area contributed by atoms with Gasteiger partial charge in [-0.3, -0.25) is 0 Å². The van der Waals surface area contributed by atoms with Gasteiger partial charge in [0.15, 0.2) is 0 Å². The van der Waals surface area contributed by atoms with Gasteiger partial charge in [-0.05, 0) is 37.0 Å². The van der Waals surface area contributed by atoms with E-state index in [-0.39, 0.29) is 5.56 Å². The van der Waals surface area contributed by atoms with Crippen LogP contribution in [0.3, 0.4) is 0 Å². The Kier molecular flexibility index (Phi) is 3.98. The van der Waals surface area contributed by atoms with E-state index in [2.05, 4.69) is 18.9 Å². The van der Waals surface area contributed by atoms with Crippen molar-refractivity contribution in [2.45, 2.75) is 38.6 Å². The molecule has 0 radical (unpaired) electrons. The zero-order valence-electron chi connectivity index (χ0n) is 11.6. The summed E-state index contributed by atoms with van der Waals surface area (Å²) in [5.74, 6) is -0.288. The number of carbonyl (C=O) groups is 1. The molecule has 1 fully saturated rings. The molecule has 1 saturated carbocycles. The third-order valence-electron chi connectivity index (χ3n) is 4.22. The van der Waals surface area contributed by atoms with E-state index >= 15 is 0 Å². The van der Waals surface area contributed by atoms with Crippen LogP contribution in [0.2, 0.25) is 0 Å². The molecule has 1 aliphatic carbocycles. The van der Waals surface area contributed by atoms with Crippen LogP contribution in [0.1, 0.15) is 43.0 Å². The molecule has 4 nitrogen and oxygen atoms in total. The van der Waals surface area contributed by atoms with Crippen LogP contribution in [0.25, 0.3) is 0 Å². The average molecular weight is 262 g/mol. The molecule has 0 bridgehead atoms. The van der Waals surface area contributed by atoms with Crippen LogP contribution in [-0.4, -0.2) is 24.2 Å². The first-order valence-electron chi connectivity index (χ1n) is 6.86. The molecule has 2 unspecified atom stereocenters. The number of benzene rings is 1. The normalized spacial score (nSPS) is 23.1. The Labute approximate surface area is 114 Å². The molecule has 104 valence electrons. The average Bonchev–Trinajstić information content (AvgIpc) is 2.38. The highest BCUT2D eigenvalue weighted by Gasteiger charge is 2.26. The maximum Gasteiger partial charge on any atom is 0.335 e. The van der Waals surface area contributed by atoms with Gasteiger partial charge in [-0.25, -0.2) is 4.79 Å². The van der Waals surface area contributed by atoms with Crippen LogP contribution in [0.5, 0.6) is 0 Å². The number of rotatable bonds is 3. The van der Waals surface area contributed by atoms with Crippen molar-refractivity contribution in [1.29, 1.82) is 0 Å². The van der Waals surface area contributed by atoms with Crippen LogP contribution in [0, 0.1) is 5.92 Å². The van der Waals surface area contributed by atoms with E-state index in [0.717, 1.165) is 5.69 Å². The standard InChI is InChI=1S/C15H22N2O2/c1-10-5-3-4-6-13(10)17(2)14-8-7-11(15(18)19)9-12(14)16/h7-10,13H,3-6,16H2,1-2H3,(H,18,19). The number of nitrogen functional groups attached to an aromatic ring is 1. The summed E-state index contributed by atoms with van der Waals surface area (Å²) in [6.07, 6.45) is 4.99. The van der Waals surface area contributed by atoms with Crippen molar-refractivity contribution in [3.8, 4) is 0 Å². The smallest absolute Gasteiger partial charge is 0.335 e. The molecule has 19 heavy (non-hydrogen) atoms. The molecular weight excluding hydrogens is 240 g/mol. The summed E-state index contributed by atoms with van der Waals surface area (Å²) < 4.78 is 0. The van der Waals surface area contributed by atoms with Crippen molar-refractivity contribution in [3.05, 3.63) is 23.8 Å². The van der Waals surface area contributed by atoms with Gasteiger partial charge >= 0.3 is 5.97 Å². The van der Waals surface area contributed by atoms with Crippen molar-refractivity contribution in [2.24, 2.45) is 5.92 Å². The van der Waals surface area contributed by atoms with Crippen molar-refractivity contribution in [2.75, 3.05) is 17.7 Å². The van der Waals surface area contributed by atoms with E-state index in [1.807, 2.05) is 6.07 Å². The van der Waals surface area contributed by atoms with Crippen molar-refractivity contribution in [3.63, 3.8) is 0 Å². The van der Waals surface area contributed by atoms with E-state index < -0.39 is 5.97 Å². The molecule has 0 amide bonds. The van der Waals surface area contributed by atoms with E-state index in [1.165, 1.54) is 25.7 Å². The summed E-state index contributed by atoms with van der Waals surface area (Å²) in [7, 11) is 2.05. The number of carboxylic acid groups (broad SMARTS) is 1. The molecule has 0 heterocycles. The van der Waals surface area contributed by atoms with E-state index in [4.69, 9.17) is 10.8 Å². The minimum atomic E-state index is -0.938. The molecule has 2 rings (SSSR count). The zero-order chi connectivity index (χ0) is 14.0. The second kappa shape index (κ2) is 5.51. The fourth-order valence-electron chi connectivity index (χ4n) is 3.06. The number of anilines is 2. The summed E-state index contributed by atoms with van der Waals surface area (Å²) in [6, 6.07) is 5.48. The summed E-state index contributed by atoms with van der Waals surface area (Å²) in [4.78, 5) is 13.1. The minimum absolute atomic E-state index is 0.242. The van der Waals surface area contributed by atoms with Gasteiger partial charge in [-0.1, -0.05) is 19.8 Å². The number of nitrogens with zero attached hydrogens (tertiary/aromatic N) is 1. The van der Waals surface area contributed by atoms with Gasteiger partial charge in [0.2, 0.25) is 0 Å². The first kappa shape index (κ1) is 13.7. The predicted octanol–water partition coefficient (Wildman–Crippen LogP) is 2.98. The Bertz CT molecular complexity index is 473. The van der Waals surface area contributed by atoms with Crippen LogP contribution in [0.4, 0.5) is 11.4 Å². The highest BCUT2D eigenvalue weighted by Crippen LogP contribution is 2.33. The molecule has 1 aromatic carbocycles. The van der Waals surface area contributed by atoms with Gasteiger partial charge in [0, 0.05) is 13.1 Å². The maximum atomic E-state index is 10.9. The van der Waals surface area contributed by atoms with Gasteiger partial charge in [0.1, 0.15) is 0 Å². The van der Waals surface area contributed by atoms with Crippen LogP contribution in [-0.2, 0) is 0 Å². The quantitative estimate of drug-likeness (QED) is 0.822. The summed E-state index contributed by atoms with van der Waals surface area (Å²) in [5, 5.41) is 8.96. The fraction of sp³-hybridized carbons (Fsp3) is 0.533. The highest BCUT2D eigenvalue weighted by atomic mass is 16.4. The molecular formula is C15H22N2O2. The number of hydrogen-bond acceptors (Lipinski definition) is 3. The molecule has 3 N–H and O–H groups in total. The van der Waals surface area contributed by atoms with E-state index in [0.29, 0.717) is 17.6 Å². The molecule has 0 aliphatic heterocycles. The Morgan fingerprint density at radius 1 is 1.37 bits per heavy atom. The third kappa shape index (κ3) is 2.83. The Morgan fingerprint density at radius 3 is 2.63 bits per heavy atom. The monoisotopic (exact) mass is 262 g/mol. The van der Waals surface area contributed by atoms with E-state index in [9.17, 15) is 4.79 Å². The van der Waals surface area contributed by atoms with Gasteiger partial charge in [-0.2, -0.15) is 0 Å². The summed E-state index contributed by atoms with van der Waals surface area (Å²) >= 11 is 0. The van der Waals surface area contributed by atoms with Crippen molar-refractivity contribution < 1.29 is 9.90 Å². The molecule has 0 saturated heterocycles. The Balaban J connectivity index is 2.23. The largest absolute Gasteiger partial charge is 0.478 e. The third-order valence-corrected chi connectivity index (χ3v) is 4.22. The summed E-state index contributed by atoms with van der Waals surface area (Å²) in [5.41, 5.74) is 7.73. The first-order valence-corrected chi connectivity index (χ1v) is 6.86. The number of hydrogen-bond donors (Lipinski definition) is 2. The predicted molar refractivity (Wildman–Crippen MR) is 77.6 cm³/mol. The Hall–Kier alpha value is -1.71. The van der Waals surface area contributed by atoms with Crippen LogP contribution < -0.4 is 10.6 Å². The first-order chi connectivity index (χ1) is 9.00. The molecule has 1 aliphatic rings. The van der Waals surface area contributed by atoms with E-state index in [1.54, 1.807) is 12.1 Å². The lowest BCUT2D eigenvalue weighted by molar-refractivity contribution is 0.0697. The fourth-order valence-corrected chi connectivity index (χ4v) is 3.06.